The average Bonchev–Trinajstić information content (AvgIpc) is 3.29. The highest BCUT2D eigenvalue weighted by atomic mass is 32.2. The van der Waals surface area contributed by atoms with Crippen LogP contribution in [0.3, 0.4) is 0 Å². The summed E-state index contributed by atoms with van der Waals surface area (Å²) in [6.07, 6.45) is 0. The number of phenolic OH excluding ortho intramolecular Hbond substituents is 2. The Hall–Kier alpha value is -7.70. The van der Waals surface area contributed by atoms with Gasteiger partial charge in [-0.2, -0.15) is 50.5 Å². The summed E-state index contributed by atoms with van der Waals surface area (Å²) in [5.41, 5.74) is -3.15. The van der Waals surface area contributed by atoms with Gasteiger partial charge >= 0.3 is 0 Å². The monoisotopic (exact) mass is 1180 g/mol. The van der Waals surface area contributed by atoms with Crippen molar-refractivity contribution in [1.82, 2.24) is 0 Å². The van der Waals surface area contributed by atoms with Gasteiger partial charge in [-0.25, -0.2) is 0 Å². The molecule has 0 amide bonds. The molecular formula is C37H31N9O24S6. The Morgan fingerprint density at radius 1 is 0.513 bits per heavy atom. The van der Waals surface area contributed by atoms with E-state index in [1.165, 1.54) is 0 Å². The number of nitro groups is 2. The number of hydrogen-bond acceptors (Lipinski definition) is 27. The molecule has 0 heterocycles. The zero-order chi connectivity index (χ0) is 56.8. The predicted molar refractivity (Wildman–Crippen MR) is 258 cm³/mol. The number of nitrogen functional groups attached to an aromatic ring is 1. The van der Waals surface area contributed by atoms with Crippen molar-refractivity contribution in [3.8, 4) is 11.5 Å². The van der Waals surface area contributed by atoms with Crippen molar-refractivity contribution in [2.45, 2.75) is 31.9 Å². The van der Waals surface area contributed by atoms with E-state index in [0.717, 1.165) is 55.6 Å². The summed E-state index contributed by atoms with van der Waals surface area (Å²) < 4.78 is 197. The van der Waals surface area contributed by atoms with Gasteiger partial charge in [-0.05, 0) is 65.0 Å². The first-order valence-corrected chi connectivity index (χ1v) is 28.7. The maximum absolute atomic E-state index is 13.2. The minimum Gasteiger partial charge on any atom is -0.505 e. The molecule has 0 saturated heterocycles. The van der Waals surface area contributed by atoms with Crippen molar-refractivity contribution in [3.63, 3.8) is 0 Å². The van der Waals surface area contributed by atoms with E-state index in [2.05, 4.69) is 39.1 Å². The predicted octanol–water partition coefficient (Wildman–Crippen LogP) is 6.13. The Kier molecular flexibility index (Phi) is 15.7. The normalized spacial score (nSPS) is 13.2. The van der Waals surface area contributed by atoms with E-state index in [9.17, 15) is 99.2 Å². The van der Waals surface area contributed by atoms with Gasteiger partial charge in [-0.3, -0.25) is 46.8 Å². The zero-order valence-electron chi connectivity index (χ0n) is 37.6. The molecule has 0 fully saturated rings. The van der Waals surface area contributed by atoms with Crippen LogP contribution >= 0.6 is 0 Å². The van der Waals surface area contributed by atoms with Crippen molar-refractivity contribution in [2.75, 3.05) is 20.0 Å². The number of nitrogens with two attached hydrogens (primary N) is 1. The number of anilines is 1. The van der Waals surface area contributed by atoms with Gasteiger partial charge in [0.1, 0.15) is 49.0 Å². The first kappa shape index (κ1) is 57.6. The second-order valence-electron chi connectivity index (χ2n) is 15.2. The maximum atomic E-state index is 13.2. The van der Waals surface area contributed by atoms with Gasteiger partial charge in [0.25, 0.3) is 72.1 Å². The average molecular weight is 1180 g/mol. The molecule has 0 atom stereocenters. The van der Waals surface area contributed by atoms with E-state index >= 15 is 0 Å². The molecule has 0 aliphatic rings. The quantitative estimate of drug-likeness (QED) is 0.0120. The molecule has 0 radical (unpaired) electrons. The molecule has 6 rings (SSSR count). The summed E-state index contributed by atoms with van der Waals surface area (Å²) in [5.74, 6) is -6.62. The number of fused-ring (bicyclic) bond motifs is 2. The molecule has 0 aliphatic heterocycles. The van der Waals surface area contributed by atoms with Crippen LogP contribution in [0.5, 0.6) is 11.5 Å². The summed E-state index contributed by atoms with van der Waals surface area (Å²) in [6, 6.07) is 8.03. The summed E-state index contributed by atoms with van der Waals surface area (Å²) in [7, 11) is -28.5. The topological polar surface area (TPSA) is 531 Å². The molecule has 6 aromatic rings. The number of azo groups is 3. The van der Waals surface area contributed by atoms with Gasteiger partial charge < -0.3 is 15.9 Å². The second kappa shape index (κ2) is 20.8. The standard InChI is InChI=1S/C37H31N9O24S6/c1-69-75(65,66)20-4-6-24(28(12-20)46(51)52)40-44-35-30(74(62,63)64)13-21-18(15-72(56,57)58)11-26(33(38)32(21)37(35)48)42-41-25-7-8-29(76(67,68)70-2)22-10-19(16-73(59,60)61)34(36(47)31(22)25)43-39-23-5-3-17(14-71(53,54)55)9-27(23)45(49)50/h3-13,47-48H,14-16,38H2,1-2H3,(H,53,54,55)(H,56,57,58)(H,59,60,61)(H,62,63,64). The van der Waals surface area contributed by atoms with Crippen LogP contribution in [0, 0.1) is 20.2 Å². The van der Waals surface area contributed by atoms with Gasteiger partial charge in [0, 0.05) is 23.1 Å². The summed E-state index contributed by atoms with van der Waals surface area (Å²) in [4.78, 5) is 18.8. The molecule has 0 spiro atoms. The summed E-state index contributed by atoms with van der Waals surface area (Å²) in [6.45, 7) is 0. The Labute approximate surface area is 426 Å². The Balaban J connectivity index is 1.65. The van der Waals surface area contributed by atoms with Crippen molar-refractivity contribution in [2.24, 2.45) is 30.7 Å². The number of benzene rings is 6. The fraction of sp³-hybridized carbons (Fsp3) is 0.135. The Morgan fingerprint density at radius 2 is 1.00 bits per heavy atom. The van der Waals surface area contributed by atoms with Gasteiger partial charge in [0.05, 0.1) is 46.2 Å². The van der Waals surface area contributed by atoms with Crippen molar-refractivity contribution in [1.29, 1.82) is 0 Å². The van der Waals surface area contributed by atoms with E-state index in [1.807, 2.05) is 0 Å². The highest BCUT2D eigenvalue weighted by Gasteiger charge is 2.30. The fourth-order valence-corrected chi connectivity index (χ4v) is 11.0. The third kappa shape index (κ3) is 12.7. The van der Waals surface area contributed by atoms with Crippen LogP contribution in [-0.4, -0.2) is 103 Å². The second-order valence-corrected chi connectivity index (χ2v) is 24.3. The molecule has 0 aromatic heterocycles. The number of rotatable bonds is 19. The SMILES string of the molecule is COS(=O)(=O)c1ccc(N=Nc2c(S(=O)(=O)O)cc3c(CS(=O)(=O)O)cc(N=Nc4ccc(S(=O)(=O)OC)c5cc(CS(=O)(=O)O)c(N=Nc6ccc(CS(=O)(=O)O)cc6[N+](=O)[O-])c(O)c45)c(N)c3c2O)c([N+](=O)[O-])c1. The highest BCUT2D eigenvalue weighted by Crippen LogP contribution is 2.50. The first-order chi connectivity index (χ1) is 35.0. The van der Waals surface area contributed by atoms with Gasteiger partial charge in [0.2, 0.25) is 0 Å². The molecule has 8 N–H and O–H groups in total. The van der Waals surface area contributed by atoms with Crippen LogP contribution < -0.4 is 5.73 Å². The van der Waals surface area contributed by atoms with Crippen LogP contribution in [0.4, 0.5) is 51.2 Å². The van der Waals surface area contributed by atoms with Gasteiger partial charge in [0.15, 0.2) is 22.9 Å². The van der Waals surface area contributed by atoms with Crippen LogP contribution in [0.25, 0.3) is 21.5 Å². The molecule has 6 aromatic carbocycles. The lowest BCUT2D eigenvalue weighted by Gasteiger charge is -2.16. The molecule has 0 bridgehead atoms. The Bertz CT molecular complexity index is 4310. The third-order valence-electron chi connectivity index (χ3n) is 10.2. The van der Waals surface area contributed by atoms with Crippen molar-refractivity contribution < 1.29 is 97.1 Å². The van der Waals surface area contributed by atoms with Crippen LogP contribution in [-0.2, 0) is 86.3 Å². The molecule has 0 aliphatic carbocycles. The van der Waals surface area contributed by atoms with Crippen LogP contribution in [0.15, 0.2) is 112 Å². The van der Waals surface area contributed by atoms with E-state index in [0.29, 0.717) is 25.3 Å². The number of nitro benzene ring substituents is 2. The van der Waals surface area contributed by atoms with E-state index in [4.69, 9.17) is 5.73 Å². The third-order valence-corrected chi connectivity index (χ3v) is 15.7. The number of phenols is 2. The molecule has 404 valence electrons. The molecule has 76 heavy (non-hydrogen) atoms. The van der Waals surface area contributed by atoms with Crippen LogP contribution in [0.2, 0.25) is 0 Å². The largest absolute Gasteiger partial charge is 0.505 e. The fourth-order valence-electron chi connectivity index (χ4n) is 7.01. The smallest absolute Gasteiger partial charge is 0.298 e. The minimum absolute atomic E-state index is 0.312. The van der Waals surface area contributed by atoms with Gasteiger partial charge in [-0.1, -0.05) is 6.07 Å². The number of nitrogens with zero attached hydrogens (tertiary/aromatic N) is 8. The molecular weight excluding hydrogens is 1150 g/mol. The van der Waals surface area contributed by atoms with Crippen molar-refractivity contribution >= 4 is 133 Å². The lowest BCUT2D eigenvalue weighted by molar-refractivity contribution is -0.384. The van der Waals surface area contributed by atoms with E-state index in [-0.39, 0.29) is 5.56 Å². The van der Waals surface area contributed by atoms with Crippen molar-refractivity contribution in [3.05, 3.63) is 104 Å². The number of hydrogen-bond donors (Lipinski definition) is 7. The van der Waals surface area contributed by atoms with Gasteiger partial charge in [-0.15, -0.1) is 30.7 Å². The maximum Gasteiger partial charge on any atom is 0.298 e. The highest BCUT2D eigenvalue weighted by molar-refractivity contribution is 7.87. The van der Waals surface area contributed by atoms with E-state index in [1.54, 1.807) is 0 Å². The molecule has 39 heteroatoms. The Morgan fingerprint density at radius 3 is 1.54 bits per heavy atom. The first-order valence-electron chi connectivity index (χ1n) is 19.6. The molecule has 0 saturated carbocycles. The summed E-state index contributed by atoms with van der Waals surface area (Å²) >= 11 is 0. The number of aromatic hydroxyl groups is 2. The lowest BCUT2D eigenvalue weighted by Crippen LogP contribution is -2.06. The lowest BCUT2D eigenvalue weighted by atomic mass is 10.0. The molecule has 33 nitrogen and oxygen atoms in total. The zero-order valence-corrected chi connectivity index (χ0v) is 42.5. The molecule has 0 unspecified atom stereocenters. The van der Waals surface area contributed by atoms with Crippen LogP contribution in [0.1, 0.15) is 16.7 Å². The minimum atomic E-state index is -5.56. The van der Waals surface area contributed by atoms with E-state index < -0.39 is 198 Å². The summed E-state index contributed by atoms with van der Waals surface area (Å²) in [5, 5.41) is 67.0.